The molecule has 0 fully saturated rings. The Bertz CT molecular complexity index is 419. The summed E-state index contributed by atoms with van der Waals surface area (Å²) in [6.07, 6.45) is 1.71. The van der Waals surface area contributed by atoms with Crippen LogP contribution in [0.2, 0.25) is 0 Å². The van der Waals surface area contributed by atoms with E-state index in [0.717, 1.165) is 17.7 Å². The van der Waals surface area contributed by atoms with Crippen LogP contribution in [0, 0.1) is 5.92 Å². The van der Waals surface area contributed by atoms with Gasteiger partial charge in [0.25, 0.3) is 0 Å². The molecule has 4 heteroatoms. The zero-order valence-electron chi connectivity index (χ0n) is 12.7. The van der Waals surface area contributed by atoms with Gasteiger partial charge in [0.2, 0.25) is 5.91 Å². The van der Waals surface area contributed by atoms with Gasteiger partial charge in [0.05, 0.1) is 12.0 Å². The molecule has 20 heavy (non-hydrogen) atoms. The lowest BCUT2D eigenvalue weighted by atomic mass is 9.98. The Hall–Kier alpha value is -1.55. The normalized spacial score (nSPS) is 12.2. The second-order valence-electron chi connectivity index (χ2n) is 5.24. The molecule has 0 aromatic heterocycles. The summed E-state index contributed by atoms with van der Waals surface area (Å²) >= 11 is 0. The number of rotatable bonds is 8. The van der Waals surface area contributed by atoms with Crippen LogP contribution in [0.25, 0.3) is 0 Å². The molecular formula is C16H26N2O2. The molecule has 0 aliphatic rings. The summed E-state index contributed by atoms with van der Waals surface area (Å²) in [4.78, 5) is 12.0. The molecule has 0 bridgehead atoms. The SMILES string of the molecule is CCCNC(=O)C(CN)Cc1cccc(OC(C)C)c1. The van der Waals surface area contributed by atoms with E-state index in [4.69, 9.17) is 10.5 Å². The van der Waals surface area contributed by atoms with Crippen LogP contribution in [-0.2, 0) is 11.2 Å². The highest BCUT2D eigenvalue weighted by atomic mass is 16.5. The lowest BCUT2D eigenvalue weighted by Gasteiger charge is -2.16. The Morgan fingerprint density at radius 3 is 2.75 bits per heavy atom. The molecule has 0 aliphatic heterocycles. The topological polar surface area (TPSA) is 64.4 Å². The van der Waals surface area contributed by atoms with Gasteiger partial charge in [-0.2, -0.15) is 0 Å². The van der Waals surface area contributed by atoms with Crippen molar-refractivity contribution in [1.82, 2.24) is 5.32 Å². The van der Waals surface area contributed by atoms with E-state index in [0.29, 0.717) is 19.5 Å². The maximum Gasteiger partial charge on any atom is 0.224 e. The van der Waals surface area contributed by atoms with E-state index in [1.807, 2.05) is 45.0 Å². The van der Waals surface area contributed by atoms with Gasteiger partial charge in [0.1, 0.15) is 5.75 Å². The van der Waals surface area contributed by atoms with Gasteiger partial charge >= 0.3 is 0 Å². The van der Waals surface area contributed by atoms with E-state index >= 15 is 0 Å². The number of nitrogens with two attached hydrogens (primary N) is 1. The van der Waals surface area contributed by atoms with Gasteiger partial charge < -0.3 is 15.8 Å². The summed E-state index contributed by atoms with van der Waals surface area (Å²) in [5, 5.41) is 2.90. The average molecular weight is 278 g/mol. The summed E-state index contributed by atoms with van der Waals surface area (Å²) in [6.45, 7) is 7.07. The molecule has 1 atom stereocenters. The van der Waals surface area contributed by atoms with Crippen molar-refractivity contribution in [2.24, 2.45) is 11.7 Å². The number of carbonyl (C=O) groups excluding carboxylic acids is 1. The van der Waals surface area contributed by atoms with Crippen LogP contribution in [0.1, 0.15) is 32.8 Å². The predicted molar refractivity (Wildman–Crippen MR) is 81.8 cm³/mol. The molecule has 1 unspecified atom stereocenters. The van der Waals surface area contributed by atoms with Crippen LogP contribution >= 0.6 is 0 Å². The third-order valence-electron chi connectivity index (χ3n) is 2.96. The third kappa shape index (κ3) is 5.61. The van der Waals surface area contributed by atoms with Gasteiger partial charge in [-0.15, -0.1) is 0 Å². The van der Waals surface area contributed by atoms with Crippen molar-refractivity contribution in [2.75, 3.05) is 13.1 Å². The Morgan fingerprint density at radius 1 is 1.40 bits per heavy atom. The molecule has 112 valence electrons. The summed E-state index contributed by atoms with van der Waals surface area (Å²) in [6, 6.07) is 7.86. The van der Waals surface area contributed by atoms with E-state index < -0.39 is 0 Å². The average Bonchev–Trinajstić information content (AvgIpc) is 2.41. The van der Waals surface area contributed by atoms with Crippen LogP contribution in [0.3, 0.4) is 0 Å². The first kappa shape index (κ1) is 16.5. The number of amides is 1. The first-order valence-electron chi connectivity index (χ1n) is 7.30. The summed E-state index contributed by atoms with van der Waals surface area (Å²) in [5.74, 6) is 0.683. The van der Waals surface area contributed by atoms with E-state index in [9.17, 15) is 4.79 Å². The van der Waals surface area contributed by atoms with E-state index in [1.165, 1.54) is 0 Å². The molecule has 0 radical (unpaired) electrons. The zero-order chi connectivity index (χ0) is 15.0. The van der Waals surface area contributed by atoms with Crippen LogP contribution in [0.5, 0.6) is 5.75 Å². The Kier molecular flexibility index (Phi) is 7.09. The Morgan fingerprint density at radius 2 is 2.15 bits per heavy atom. The highest BCUT2D eigenvalue weighted by Gasteiger charge is 2.17. The van der Waals surface area contributed by atoms with Gasteiger partial charge in [-0.25, -0.2) is 0 Å². The number of ether oxygens (including phenoxy) is 1. The number of hydrogen-bond acceptors (Lipinski definition) is 3. The molecule has 4 nitrogen and oxygen atoms in total. The molecule has 0 saturated carbocycles. The molecule has 1 aromatic carbocycles. The quantitative estimate of drug-likeness (QED) is 0.765. The van der Waals surface area contributed by atoms with Gasteiger partial charge in [0, 0.05) is 13.1 Å². The molecule has 0 aliphatic carbocycles. The minimum Gasteiger partial charge on any atom is -0.491 e. The minimum absolute atomic E-state index is 0.0320. The van der Waals surface area contributed by atoms with Crippen molar-refractivity contribution in [3.8, 4) is 5.75 Å². The molecule has 1 rings (SSSR count). The van der Waals surface area contributed by atoms with Gasteiger partial charge in [-0.05, 0) is 44.4 Å². The second-order valence-corrected chi connectivity index (χ2v) is 5.24. The first-order chi connectivity index (χ1) is 9.56. The summed E-state index contributed by atoms with van der Waals surface area (Å²) in [7, 11) is 0. The van der Waals surface area contributed by atoms with Crippen molar-refractivity contribution < 1.29 is 9.53 Å². The third-order valence-corrected chi connectivity index (χ3v) is 2.96. The predicted octanol–water partition coefficient (Wildman–Crippen LogP) is 2.12. The largest absolute Gasteiger partial charge is 0.491 e. The van der Waals surface area contributed by atoms with Gasteiger partial charge in [-0.3, -0.25) is 4.79 Å². The molecule has 0 saturated heterocycles. The van der Waals surface area contributed by atoms with Crippen LogP contribution in [0.15, 0.2) is 24.3 Å². The van der Waals surface area contributed by atoms with Crippen molar-refractivity contribution in [2.45, 2.75) is 39.7 Å². The van der Waals surface area contributed by atoms with Crippen LogP contribution in [0.4, 0.5) is 0 Å². The molecule has 0 spiro atoms. The number of benzene rings is 1. The second kappa shape index (κ2) is 8.59. The van der Waals surface area contributed by atoms with Crippen molar-refractivity contribution in [1.29, 1.82) is 0 Å². The van der Waals surface area contributed by atoms with Gasteiger partial charge in [-0.1, -0.05) is 19.1 Å². The maximum absolute atomic E-state index is 12.0. The van der Waals surface area contributed by atoms with Crippen LogP contribution in [-0.4, -0.2) is 25.1 Å². The lowest BCUT2D eigenvalue weighted by molar-refractivity contribution is -0.124. The monoisotopic (exact) mass is 278 g/mol. The highest BCUT2D eigenvalue weighted by molar-refractivity contribution is 5.79. The Balaban J connectivity index is 2.67. The first-order valence-corrected chi connectivity index (χ1v) is 7.30. The van der Waals surface area contributed by atoms with Crippen molar-refractivity contribution in [3.63, 3.8) is 0 Å². The maximum atomic E-state index is 12.0. The van der Waals surface area contributed by atoms with Gasteiger partial charge in [0.15, 0.2) is 0 Å². The molecule has 1 aromatic rings. The fraction of sp³-hybridized carbons (Fsp3) is 0.562. The van der Waals surface area contributed by atoms with E-state index in [1.54, 1.807) is 0 Å². The smallest absolute Gasteiger partial charge is 0.224 e. The fourth-order valence-corrected chi connectivity index (χ4v) is 1.98. The molecule has 1 amide bonds. The van der Waals surface area contributed by atoms with Crippen LogP contribution < -0.4 is 15.8 Å². The Labute approximate surface area is 121 Å². The van der Waals surface area contributed by atoms with Crippen molar-refractivity contribution >= 4 is 5.91 Å². The zero-order valence-corrected chi connectivity index (χ0v) is 12.7. The number of hydrogen-bond donors (Lipinski definition) is 2. The van der Waals surface area contributed by atoms with Crippen molar-refractivity contribution in [3.05, 3.63) is 29.8 Å². The standard InChI is InChI=1S/C16H26N2O2/c1-4-8-18-16(19)14(11-17)9-13-6-5-7-15(10-13)20-12(2)3/h5-7,10,12,14H,4,8-9,11,17H2,1-3H3,(H,18,19). The number of nitrogens with one attached hydrogen (secondary N) is 1. The molecule has 3 N–H and O–H groups in total. The molecular weight excluding hydrogens is 252 g/mol. The summed E-state index contributed by atoms with van der Waals surface area (Å²) < 4.78 is 5.66. The minimum atomic E-state index is -0.184. The molecule has 0 heterocycles. The summed E-state index contributed by atoms with van der Waals surface area (Å²) in [5.41, 5.74) is 6.79. The van der Waals surface area contributed by atoms with E-state index in [-0.39, 0.29) is 17.9 Å². The fourth-order valence-electron chi connectivity index (χ4n) is 1.98. The number of carbonyl (C=O) groups is 1. The van der Waals surface area contributed by atoms with E-state index in [2.05, 4.69) is 5.32 Å². The lowest BCUT2D eigenvalue weighted by Crippen LogP contribution is -2.36. The highest BCUT2D eigenvalue weighted by Crippen LogP contribution is 2.17.